The second-order valence-electron chi connectivity index (χ2n) is 18.9. The van der Waals surface area contributed by atoms with E-state index in [1.54, 1.807) is 0 Å². The van der Waals surface area contributed by atoms with E-state index in [-0.39, 0.29) is 0 Å². The lowest BCUT2D eigenvalue weighted by atomic mass is 9.85. The molecule has 0 aromatic heterocycles. The van der Waals surface area contributed by atoms with Crippen LogP contribution in [-0.4, -0.2) is 56.4 Å². The number of nitrogens with zero attached hydrogens (tertiary/aromatic N) is 1. The van der Waals surface area contributed by atoms with E-state index < -0.39 is 17.5 Å². The Morgan fingerprint density at radius 1 is 0.351 bits per heavy atom. The first-order valence-electron chi connectivity index (χ1n) is 25.5. The molecule has 0 atom stereocenters. The maximum absolute atomic E-state index is 11.8. The first kappa shape index (κ1) is 55.9. The average molecular weight is 808 g/mol. The molecular weight excluding hydrogens is 707 g/mol. The van der Waals surface area contributed by atoms with E-state index >= 15 is 0 Å². The first-order valence-corrected chi connectivity index (χ1v) is 25.5. The summed E-state index contributed by atoms with van der Waals surface area (Å²) >= 11 is 0. The summed E-state index contributed by atoms with van der Waals surface area (Å²) in [7, 11) is 0. The molecule has 0 aliphatic carbocycles. The Balaban J connectivity index is 4.03. The highest BCUT2D eigenvalue weighted by atomic mass is 16.4. The van der Waals surface area contributed by atoms with E-state index in [2.05, 4.69) is 32.6 Å². The molecule has 340 valence electrons. The standard InChI is InChI=1S/C51H101NO5/c1-47(2)52(48(3)4)46-40-39-45-51(57,43-37-33-29-25-21-17-13-9-5-7-11-15-19-23-27-31-35-41-49(53)54)44-38-34-30-26-22-18-14-10-6-8-12-16-20-24-28-32-36-42-50(55)56/h47-48,57H,5-46H2,1-4H3,(H,53,54)(H,55,56). The van der Waals surface area contributed by atoms with Gasteiger partial charge in [-0.15, -0.1) is 0 Å². The predicted molar refractivity (Wildman–Crippen MR) is 246 cm³/mol. The summed E-state index contributed by atoms with van der Waals surface area (Å²) in [6.45, 7) is 10.4. The number of aliphatic carboxylic acids is 2. The lowest BCUT2D eigenvalue weighted by molar-refractivity contribution is -0.138. The molecule has 0 aliphatic rings. The zero-order valence-corrected chi connectivity index (χ0v) is 39.0. The molecule has 0 fully saturated rings. The van der Waals surface area contributed by atoms with Crippen molar-refractivity contribution in [2.24, 2.45) is 0 Å². The molecule has 57 heavy (non-hydrogen) atoms. The van der Waals surface area contributed by atoms with Gasteiger partial charge in [0.1, 0.15) is 0 Å². The summed E-state index contributed by atoms with van der Waals surface area (Å²) in [5, 5.41) is 29.3. The van der Waals surface area contributed by atoms with Crippen molar-refractivity contribution in [3.05, 3.63) is 0 Å². The van der Waals surface area contributed by atoms with E-state index in [1.807, 2.05) is 0 Å². The van der Waals surface area contributed by atoms with E-state index in [0.717, 1.165) is 57.9 Å². The van der Waals surface area contributed by atoms with Crippen LogP contribution < -0.4 is 0 Å². The normalized spacial score (nSPS) is 12.1. The predicted octanol–water partition coefficient (Wildman–Crippen LogP) is 16.0. The molecule has 0 saturated heterocycles. The second-order valence-corrected chi connectivity index (χ2v) is 18.9. The Morgan fingerprint density at radius 2 is 0.544 bits per heavy atom. The van der Waals surface area contributed by atoms with Gasteiger partial charge in [0.2, 0.25) is 0 Å². The molecule has 0 rings (SSSR count). The van der Waals surface area contributed by atoms with Gasteiger partial charge < -0.3 is 15.3 Å². The number of aliphatic hydroxyl groups is 1. The van der Waals surface area contributed by atoms with Crippen LogP contribution in [0.5, 0.6) is 0 Å². The monoisotopic (exact) mass is 808 g/mol. The maximum Gasteiger partial charge on any atom is 0.303 e. The van der Waals surface area contributed by atoms with Crippen LogP contribution in [0.2, 0.25) is 0 Å². The van der Waals surface area contributed by atoms with Crippen LogP contribution in [0.15, 0.2) is 0 Å². The van der Waals surface area contributed by atoms with Gasteiger partial charge in [0.05, 0.1) is 5.60 Å². The van der Waals surface area contributed by atoms with Gasteiger partial charge in [0.25, 0.3) is 0 Å². The van der Waals surface area contributed by atoms with Crippen LogP contribution in [0.4, 0.5) is 0 Å². The number of carbonyl (C=O) groups is 2. The fourth-order valence-electron chi connectivity index (χ4n) is 9.00. The molecule has 0 aromatic rings. The van der Waals surface area contributed by atoms with Gasteiger partial charge >= 0.3 is 11.9 Å². The minimum Gasteiger partial charge on any atom is -0.481 e. The molecule has 6 heteroatoms. The SMILES string of the molecule is CC(C)N(CCCCC(O)(CCCCCCCCCCCCCCCCCCCC(=O)O)CCCCCCCCCCCCCCCCCCCC(=O)O)C(C)C. The Kier molecular flexibility index (Phi) is 40.8. The molecule has 0 saturated carbocycles. The Bertz CT molecular complexity index is 801. The molecule has 0 aromatic carbocycles. The molecule has 0 aliphatic heterocycles. The van der Waals surface area contributed by atoms with Crippen LogP contribution in [-0.2, 0) is 9.59 Å². The first-order chi connectivity index (χ1) is 27.6. The van der Waals surface area contributed by atoms with Crippen molar-refractivity contribution in [3.8, 4) is 0 Å². The third-order valence-electron chi connectivity index (χ3n) is 12.7. The lowest BCUT2D eigenvalue weighted by Crippen LogP contribution is -2.38. The van der Waals surface area contributed by atoms with Crippen LogP contribution in [0, 0.1) is 0 Å². The highest BCUT2D eigenvalue weighted by molar-refractivity contribution is 5.66. The minimum absolute atomic E-state index is 0.329. The van der Waals surface area contributed by atoms with Gasteiger partial charge in [-0.05, 0) is 79.2 Å². The number of carboxylic acids is 2. The van der Waals surface area contributed by atoms with Crippen molar-refractivity contribution in [2.45, 2.75) is 309 Å². The summed E-state index contributed by atoms with van der Waals surface area (Å²) in [5.41, 5.74) is -0.468. The lowest BCUT2D eigenvalue weighted by Gasteiger charge is -2.32. The van der Waals surface area contributed by atoms with Crippen molar-refractivity contribution in [2.75, 3.05) is 6.54 Å². The van der Waals surface area contributed by atoms with Gasteiger partial charge in [0.15, 0.2) is 0 Å². The highest BCUT2D eigenvalue weighted by Gasteiger charge is 2.25. The van der Waals surface area contributed by atoms with Crippen LogP contribution in [0.3, 0.4) is 0 Å². The molecule has 0 radical (unpaired) electrons. The van der Waals surface area contributed by atoms with E-state index in [9.17, 15) is 14.7 Å². The van der Waals surface area contributed by atoms with Crippen LogP contribution in [0.25, 0.3) is 0 Å². The summed E-state index contributed by atoms with van der Waals surface area (Å²) < 4.78 is 0. The Morgan fingerprint density at radius 3 is 0.754 bits per heavy atom. The summed E-state index contributed by atoms with van der Waals surface area (Å²) in [4.78, 5) is 23.7. The zero-order valence-electron chi connectivity index (χ0n) is 39.0. The third kappa shape index (κ3) is 41.4. The molecule has 0 unspecified atom stereocenters. The zero-order chi connectivity index (χ0) is 42.1. The van der Waals surface area contributed by atoms with Gasteiger partial charge in [0, 0.05) is 24.9 Å². The number of rotatable bonds is 47. The molecule has 0 heterocycles. The Labute approximate surface area is 355 Å². The van der Waals surface area contributed by atoms with Gasteiger partial charge in [-0.1, -0.05) is 205 Å². The minimum atomic E-state index is -0.661. The maximum atomic E-state index is 11.8. The molecule has 0 bridgehead atoms. The number of carboxylic acid groups (broad SMARTS) is 2. The Hall–Kier alpha value is -1.14. The van der Waals surface area contributed by atoms with Gasteiger partial charge in [-0.25, -0.2) is 0 Å². The average Bonchev–Trinajstić information content (AvgIpc) is 3.16. The van der Waals surface area contributed by atoms with E-state index in [1.165, 1.54) is 199 Å². The number of hydrogen-bond acceptors (Lipinski definition) is 4. The third-order valence-corrected chi connectivity index (χ3v) is 12.7. The van der Waals surface area contributed by atoms with E-state index in [4.69, 9.17) is 10.2 Å². The molecular formula is C51H101NO5. The molecule has 3 N–H and O–H groups in total. The highest BCUT2D eigenvalue weighted by Crippen LogP contribution is 2.29. The number of unbranched alkanes of at least 4 members (excludes halogenated alkanes) is 33. The fraction of sp³-hybridized carbons (Fsp3) is 0.961. The van der Waals surface area contributed by atoms with Crippen molar-refractivity contribution >= 4 is 11.9 Å². The van der Waals surface area contributed by atoms with E-state index in [0.29, 0.717) is 24.9 Å². The van der Waals surface area contributed by atoms with Crippen molar-refractivity contribution in [1.82, 2.24) is 4.90 Å². The quantitative estimate of drug-likeness (QED) is 0.0530. The smallest absolute Gasteiger partial charge is 0.303 e. The molecule has 6 nitrogen and oxygen atoms in total. The van der Waals surface area contributed by atoms with Crippen molar-refractivity contribution < 1.29 is 24.9 Å². The topological polar surface area (TPSA) is 98.1 Å². The largest absolute Gasteiger partial charge is 0.481 e. The molecule has 0 amide bonds. The fourth-order valence-corrected chi connectivity index (χ4v) is 9.00. The second kappa shape index (κ2) is 41.6. The van der Waals surface area contributed by atoms with Crippen LogP contribution in [0.1, 0.15) is 291 Å². The summed E-state index contributed by atoms with van der Waals surface area (Å²) in [6, 6.07) is 1.16. The van der Waals surface area contributed by atoms with Crippen LogP contribution >= 0.6 is 0 Å². The van der Waals surface area contributed by atoms with Crippen molar-refractivity contribution in [3.63, 3.8) is 0 Å². The van der Waals surface area contributed by atoms with Gasteiger partial charge in [-0.3, -0.25) is 14.5 Å². The number of hydrogen-bond donors (Lipinski definition) is 3. The summed E-state index contributed by atoms with van der Waals surface area (Å²) in [6.07, 6.45) is 49.5. The van der Waals surface area contributed by atoms with Crippen molar-refractivity contribution in [1.29, 1.82) is 0 Å². The molecule has 0 spiro atoms. The van der Waals surface area contributed by atoms with Gasteiger partial charge in [-0.2, -0.15) is 0 Å². The summed E-state index contributed by atoms with van der Waals surface area (Å²) in [5.74, 6) is -1.32.